The van der Waals surface area contributed by atoms with Crippen molar-refractivity contribution in [3.05, 3.63) is 71.4 Å². The van der Waals surface area contributed by atoms with Crippen molar-refractivity contribution in [1.82, 2.24) is 14.7 Å². The summed E-state index contributed by atoms with van der Waals surface area (Å²) in [5.41, 5.74) is 4.99. The quantitative estimate of drug-likeness (QED) is 0.216. The van der Waals surface area contributed by atoms with Crippen molar-refractivity contribution in [2.24, 2.45) is 0 Å². The topological polar surface area (TPSA) is 77.9 Å². The lowest BCUT2D eigenvalue weighted by Crippen LogP contribution is -2.30. The molecule has 2 heterocycles. The van der Waals surface area contributed by atoms with Crippen LogP contribution >= 0.6 is 0 Å². The average Bonchev–Trinajstić information content (AvgIpc) is 3.14. The SMILES string of the molecule is CC(C)c1ccc(-c2nc3cc4c(cc3n2)[n+]([O-])c2ccccc2n4O)cc1. The molecule has 5 rings (SSSR count). The summed E-state index contributed by atoms with van der Waals surface area (Å²) in [6.45, 7) is 4.31. The molecule has 0 atom stereocenters. The highest BCUT2D eigenvalue weighted by Gasteiger charge is 2.18. The normalized spacial score (nSPS) is 11.8. The number of benzene rings is 3. The Hall–Kier alpha value is -3.67. The van der Waals surface area contributed by atoms with Gasteiger partial charge in [0, 0.05) is 23.8 Å². The van der Waals surface area contributed by atoms with E-state index < -0.39 is 0 Å². The first-order chi connectivity index (χ1) is 13.5. The molecule has 2 aromatic heterocycles. The number of fused-ring (bicyclic) bond motifs is 3. The van der Waals surface area contributed by atoms with E-state index in [1.165, 1.54) is 5.56 Å². The van der Waals surface area contributed by atoms with Gasteiger partial charge < -0.3 is 10.4 Å². The third-order valence-electron chi connectivity index (χ3n) is 5.14. The lowest BCUT2D eigenvalue weighted by molar-refractivity contribution is -0.548. The second kappa shape index (κ2) is 5.92. The smallest absolute Gasteiger partial charge is 0.246 e. The monoisotopic (exact) mass is 370 g/mol. The first-order valence-electron chi connectivity index (χ1n) is 9.17. The lowest BCUT2D eigenvalue weighted by Gasteiger charge is -2.09. The van der Waals surface area contributed by atoms with Gasteiger partial charge in [0.25, 0.3) is 0 Å². The number of imidazole rings is 1. The summed E-state index contributed by atoms with van der Waals surface area (Å²) < 4.78 is 1.85. The van der Waals surface area contributed by atoms with Gasteiger partial charge in [-0.2, -0.15) is 9.46 Å². The van der Waals surface area contributed by atoms with Crippen LogP contribution in [0.4, 0.5) is 0 Å². The Morgan fingerprint density at radius 3 is 2.29 bits per heavy atom. The number of rotatable bonds is 2. The molecule has 0 saturated carbocycles. The molecule has 6 heteroatoms. The number of para-hydroxylation sites is 2. The molecule has 138 valence electrons. The van der Waals surface area contributed by atoms with Crippen LogP contribution in [0.2, 0.25) is 0 Å². The third-order valence-corrected chi connectivity index (χ3v) is 5.14. The molecule has 0 aliphatic carbocycles. The van der Waals surface area contributed by atoms with Crippen LogP contribution in [0.5, 0.6) is 0 Å². The van der Waals surface area contributed by atoms with Crippen LogP contribution in [0.25, 0.3) is 44.5 Å². The maximum atomic E-state index is 12.8. The highest BCUT2D eigenvalue weighted by Crippen LogP contribution is 2.26. The molecule has 0 bridgehead atoms. The molecule has 0 saturated heterocycles. The zero-order valence-electron chi connectivity index (χ0n) is 15.5. The van der Waals surface area contributed by atoms with Crippen LogP contribution in [0.15, 0.2) is 60.7 Å². The fourth-order valence-electron chi connectivity index (χ4n) is 3.54. The van der Waals surface area contributed by atoms with E-state index in [9.17, 15) is 10.4 Å². The Labute approximate surface area is 160 Å². The van der Waals surface area contributed by atoms with E-state index in [2.05, 4.69) is 35.9 Å². The summed E-state index contributed by atoms with van der Waals surface area (Å²) in [6, 6.07) is 18.5. The maximum Gasteiger partial charge on any atom is 0.246 e. The lowest BCUT2D eigenvalue weighted by atomic mass is 10.0. The van der Waals surface area contributed by atoms with Gasteiger partial charge in [0.2, 0.25) is 11.0 Å². The van der Waals surface area contributed by atoms with Crippen molar-refractivity contribution in [2.75, 3.05) is 0 Å². The van der Waals surface area contributed by atoms with Crippen LogP contribution < -0.4 is 4.73 Å². The number of nitrogens with zero attached hydrogens (tertiary/aromatic N) is 4. The summed E-state index contributed by atoms with van der Waals surface area (Å²) in [5, 5.41) is 23.4. The third kappa shape index (κ3) is 2.38. The first kappa shape index (κ1) is 16.5. The van der Waals surface area contributed by atoms with Gasteiger partial charge in [-0.15, -0.1) is 0 Å². The van der Waals surface area contributed by atoms with Crippen molar-refractivity contribution >= 4 is 33.1 Å². The van der Waals surface area contributed by atoms with Crippen molar-refractivity contribution in [3.8, 4) is 11.4 Å². The molecule has 28 heavy (non-hydrogen) atoms. The van der Waals surface area contributed by atoms with Gasteiger partial charge >= 0.3 is 0 Å². The van der Waals surface area contributed by atoms with Gasteiger partial charge in [-0.05, 0) is 17.5 Å². The predicted octanol–water partition coefficient (Wildman–Crippen LogP) is 4.40. The van der Waals surface area contributed by atoms with Crippen LogP contribution in [0.3, 0.4) is 0 Å². The van der Waals surface area contributed by atoms with E-state index in [0.717, 1.165) is 15.0 Å². The largest absolute Gasteiger partial charge is 0.618 e. The summed E-state index contributed by atoms with van der Waals surface area (Å²) in [4.78, 5) is 9.22. The molecular formula is C22H18N4O2. The molecule has 0 radical (unpaired) electrons. The highest BCUT2D eigenvalue weighted by molar-refractivity contribution is 5.93. The molecule has 0 aliphatic rings. The zero-order valence-corrected chi connectivity index (χ0v) is 15.5. The molecular weight excluding hydrogens is 352 g/mol. The number of hydrogen-bond donors (Lipinski definition) is 1. The number of aromatic nitrogens is 4. The molecule has 0 unspecified atom stereocenters. The van der Waals surface area contributed by atoms with Crippen LogP contribution in [0.1, 0.15) is 25.3 Å². The van der Waals surface area contributed by atoms with Crippen LogP contribution in [-0.4, -0.2) is 19.9 Å². The van der Waals surface area contributed by atoms with E-state index in [-0.39, 0.29) is 0 Å². The van der Waals surface area contributed by atoms with Crippen molar-refractivity contribution in [1.29, 1.82) is 0 Å². The minimum Gasteiger partial charge on any atom is -0.618 e. The molecule has 3 aromatic carbocycles. The summed E-state index contributed by atoms with van der Waals surface area (Å²) >= 11 is 0. The summed E-state index contributed by atoms with van der Waals surface area (Å²) in [6.07, 6.45) is 0. The molecule has 1 N–H and O–H groups in total. The standard InChI is InChI=1S/C22H18N4O2/c1-13(2)14-7-9-15(10-8-14)22-23-16-11-20-21(12-17(16)24-22)26(28)19-6-4-3-5-18(19)25(20)27/h3-13,27H,1-2H3. The van der Waals surface area contributed by atoms with Crippen molar-refractivity contribution < 1.29 is 9.94 Å². The van der Waals surface area contributed by atoms with Gasteiger partial charge in [-0.1, -0.05) is 50.2 Å². The van der Waals surface area contributed by atoms with Crippen molar-refractivity contribution in [3.63, 3.8) is 0 Å². The maximum absolute atomic E-state index is 12.8. The van der Waals surface area contributed by atoms with Gasteiger partial charge in [0.15, 0.2) is 16.9 Å². The fourth-order valence-corrected chi connectivity index (χ4v) is 3.54. The Bertz CT molecular complexity index is 1280. The van der Waals surface area contributed by atoms with Gasteiger partial charge in [0.1, 0.15) is 0 Å². The van der Waals surface area contributed by atoms with Gasteiger partial charge in [0.05, 0.1) is 11.0 Å². The second-order valence-corrected chi connectivity index (χ2v) is 7.25. The highest BCUT2D eigenvalue weighted by atomic mass is 16.5. The second-order valence-electron chi connectivity index (χ2n) is 7.25. The molecule has 0 spiro atoms. The van der Waals surface area contributed by atoms with Gasteiger partial charge in [-0.3, -0.25) is 0 Å². The van der Waals surface area contributed by atoms with Crippen molar-refractivity contribution in [2.45, 2.75) is 19.8 Å². The molecule has 0 fully saturated rings. The zero-order chi connectivity index (χ0) is 19.4. The molecule has 0 amide bonds. The Morgan fingerprint density at radius 2 is 1.57 bits per heavy atom. The minimum absolute atomic E-state index is 0.343. The predicted molar refractivity (Wildman–Crippen MR) is 108 cm³/mol. The molecule has 0 aliphatic heterocycles. The Kier molecular flexibility index (Phi) is 3.49. The van der Waals surface area contributed by atoms with E-state index in [0.29, 0.717) is 44.8 Å². The van der Waals surface area contributed by atoms with E-state index in [1.807, 2.05) is 12.1 Å². The first-order valence-corrected chi connectivity index (χ1v) is 9.17. The van der Waals surface area contributed by atoms with E-state index in [1.54, 1.807) is 36.4 Å². The summed E-state index contributed by atoms with van der Waals surface area (Å²) in [7, 11) is 0. The molecule has 6 nitrogen and oxygen atoms in total. The van der Waals surface area contributed by atoms with Crippen LogP contribution in [-0.2, 0) is 0 Å². The number of hydrogen-bond acceptors (Lipinski definition) is 4. The fraction of sp³-hybridized carbons (Fsp3) is 0.136. The summed E-state index contributed by atoms with van der Waals surface area (Å²) in [5.74, 6) is 1.06. The van der Waals surface area contributed by atoms with E-state index in [4.69, 9.17) is 0 Å². The van der Waals surface area contributed by atoms with Gasteiger partial charge in [-0.25, -0.2) is 9.97 Å². The molecule has 5 aromatic rings. The average molecular weight is 370 g/mol. The van der Waals surface area contributed by atoms with Crippen LogP contribution in [0, 0.1) is 5.21 Å². The Balaban J connectivity index is 1.73. The van der Waals surface area contributed by atoms with E-state index >= 15 is 0 Å². The Morgan fingerprint density at radius 1 is 0.893 bits per heavy atom. The minimum atomic E-state index is 0.343.